The molecule has 0 aromatic rings. The summed E-state index contributed by atoms with van der Waals surface area (Å²) < 4.78 is 9.87. The Labute approximate surface area is 156 Å². The maximum absolute atomic E-state index is 11.4. The normalized spacial score (nSPS) is 30.5. The van der Waals surface area contributed by atoms with Crippen LogP contribution in [0.3, 0.4) is 0 Å². The van der Waals surface area contributed by atoms with Crippen molar-refractivity contribution in [3.63, 3.8) is 0 Å². The molecular formula is C20H34O6. The SMILES string of the molecule is CCOC(=O)C1CC(=O)CC1CC.CCOC(=O)C1CC(O)CC1CC. The molecule has 2 saturated carbocycles. The summed E-state index contributed by atoms with van der Waals surface area (Å²) in [7, 11) is 0. The summed E-state index contributed by atoms with van der Waals surface area (Å²) in [6.45, 7) is 8.49. The molecule has 0 spiro atoms. The lowest BCUT2D eigenvalue weighted by Crippen LogP contribution is -2.21. The fraction of sp³-hybridized carbons (Fsp3) is 0.850. The molecule has 0 bridgehead atoms. The van der Waals surface area contributed by atoms with Crippen LogP contribution in [0.25, 0.3) is 0 Å². The predicted octanol–water partition coefficient (Wildman–Crippen LogP) is 2.90. The molecule has 0 aromatic heterocycles. The maximum atomic E-state index is 11.4. The topological polar surface area (TPSA) is 89.9 Å². The third kappa shape index (κ3) is 6.38. The van der Waals surface area contributed by atoms with Gasteiger partial charge in [-0.15, -0.1) is 0 Å². The molecule has 2 rings (SSSR count). The number of aliphatic hydroxyl groups is 1. The van der Waals surface area contributed by atoms with Crippen molar-refractivity contribution in [2.24, 2.45) is 23.7 Å². The molecule has 5 unspecified atom stereocenters. The van der Waals surface area contributed by atoms with E-state index in [2.05, 4.69) is 6.92 Å². The van der Waals surface area contributed by atoms with Crippen LogP contribution in [0.5, 0.6) is 0 Å². The minimum Gasteiger partial charge on any atom is -0.466 e. The molecule has 0 radical (unpaired) electrons. The van der Waals surface area contributed by atoms with Gasteiger partial charge in [0.15, 0.2) is 0 Å². The number of hydrogen-bond acceptors (Lipinski definition) is 6. The smallest absolute Gasteiger partial charge is 0.309 e. The van der Waals surface area contributed by atoms with Gasteiger partial charge in [0.05, 0.1) is 31.2 Å². The van der Waals surface area contributed by atoms with Gasteiger partial charge in [0, 0.05) is 12.8 Å². The Balaban J connectivity index is 0.000000260. The third-order valence-electron chi connectivity index (χ3n) is 5.40. The van der Waals surface area contributed by atoms with Crippen LogP contribution in [-0.2, 0) is 23.9 Å². The lowest BCUT2D eigenvalue weighted by atomic mass is 9.94. The highest BCUT2D eigenvalue weighted by atomic mass is 16.5. The summed E-state index contributed by atoms with van der Waals surface area (Å²) >= 11 is 0. The van der Waals surface area contributed by atoms with Crippen LogP contribution < -0.4 is 0 Å². The zero-order valence-electron chi connectivity index (χ0n) is 16.5. The van der Waals surface area contributed by atoms with Gasteiger partial charge in [-0.2, -0.15) is 0 Å². The Morgan fingerprint density at radius 2 is 1.42 bits per heavy atom. The minimum atomic E-state index is -0.306. The molecule has 6 heteroatoms. The van der Waals surface area contributed by atoms with E-state index >= 15 is 0 Å². The molecule has 0 aromatic carbocycles. The third-order valence-corrected chi connectivity index (χ3v) is 5.40. The molecule has 150 valence electrons. The largest absolute Gasteiger partial charge is 0.466 e. The van der Waals surface area contributed by atoms with Crippen LogP contribution in [0.15, 0.2) is 0 Å². The predicted molar refractivity (Wildman–Crippen MR) is 97.3 cm³/mol. The fourth-order valence-electron chi connectivity index (χ4n) is 3.97. The van der Waals surface area contributed by atoms with Crippen molar-refractivity contribution in [2.45, 2.75) is 72.3 Å². The van der Waals surface area contributed by atoms with Crippen LogP contribution in [0.4, 0.5) is 0 Å². The highest BCUT2D eigenvalue weighted by Crippen LogP contribution is 2.35. The highest BCUT2D eigenvalue weighted by Gasteiger charge is 2.38. The zero-order valence-corrected chi connectivity index (χ0v) is 16.5. The standard InChI is InChI=1S/C10H18O3.C10H16O3/c2*1-3-7-5-8(11)6-9(7)10(12)13-4-2/h7-9,11H,3-6H2,1-2H3;7,9H,3-6H2,1-2H3. The molecule has 2 aliphatic carbocycles. The van der Waals surface area contributed by atoms with E-state index in [1.807, 2.05) is 13.8 Å². The number of hydrogen-bond donors (Lipinski definition) is 1. The summed E-state index contributed by atoms with van der Waals surface area (Å²) in [5.41, 5.74) is 0. The van der Waals surface area contributed by atoms with E-state index in [-0.39, 0.29) is 41.6 Å². The molecular weight excluding hydrogens is 336 g/mol. The van der Waals surface area contributed by atoms with Crippen LogP contribution in [0, 0.1) is 23.7 Å². The van der Waals surface area contributed by atoms with Gasteiger partial charge in [0.2, 0.25) is 0 Å². The van der Waals surface area contributed by atoms with E-state index in [1.54, 1.807) is 6.92 Å². The Morgan fingerprint density at radius 3 is 1.92 bits per heavy atom. The monoisotopic (exact) mass is 370 g/mol. The van der Waals surface area contributed by atoms with E-state index in [0.717, 1.165) is 19.3 Å². The van der Waals surface area contributed by atoms with Crippen LogP contribution >= 0.6 is 0 Å². The Hall–Kier alpha value is -1.43. The first-order valence-corrected chi connectivity index (χ1v) is 9.90. The van der Waals surface area contributed by atoms with Crippen molar-refractivity contribution in [3.05, 3.63) is 0 Å². The maximum Gasteiger partial charge on any atom is 0.309 e. The van der Waals surface area contributed by atoms with Crippen LogP contribution in [0.1, 0.15) is 66.2 Å². The quantitative estimate of drug-likeness (QED) is 0.723. The second-order valence-electron chi connectivity index (χ2n) is 7.13. The summed E-state index contributed by atoms with van der Waals surface area (Å²) in [6, 6.07) is 0. The number of ether oxygens (including phenoxy) is 2. The van der Waals surface area contributed by atoms with Gasteiger partial charge < -0.3 is 14.6 Å². The second-order valence-corrected chi connectivity index (χ2v) is 7.13. The number of ketones is 1. The minimum absolute atomic E-state index is 0.0695. The van der Waals surface area contributed by atoms with Gasteiger partial charge in [0.1, 0.15) is 5.78 Å². The van der Waals surface area contributed by atoms with E-state index < -0.39 is 0 Å². The zero-order chi connectivity index (χ0) is 19.7. The fourth-order valence-corrected chi connectivity index (χ4v) is 3.97. The van der Waals surface area contributed by atoms with Crippen molar-refractivity contribution < 1.29 is 29.0 Å². The lowest BCUT2D eigenvalue weighted by molar-refractivity contribution is -0.150. The van der Waals surface area contributed by atoms with Gasteiger partial charge >= 0.3 is 11.9 Å². The van der Waals surface area contributed by atoms with E-state index in [4.69, 9.17) is 9.47 Å². The first-order valence-electron chi connectivity index (χ1n) is 9.90. The Morgan fingerprint density at radius 1 is 0.885 bits per heavy atom. The van der Waals surface area contributed by atoms with Crippen LogP contribution in [-0.4, -0.2) is 42.1 Å². The van der Waals surface area contributed by atoms with E-state index in [9.17, 15) is 19.5 Å². The molecule has 6 nitrogen and oxygen atoms in total. The molecule has 0 amide bonds. The van der Waals surface area contributed by atoms with Crippen LogP contribution in [0.2, 0.25) is 0 Å². The van der Waals surface area contributed by atoms with Gasteiger partial charge in [-0.25, -0.2) is 0 Å². The van der Waals surface area contributed by atoms with Crippen molar-refractivity contribution in [1.29, 1.82) is 0 Å². The molecule has 1 N–H and O–H groups in total. The average Bonchev–Trinajstić information content (AvgIpc) is 3.18. The van der Waals surface area contributed by atoms with Crippen molar-refractivity contribution >= 4 is 17.7 Å². The Bertz CT molecular complexity index is 475. The van der Waals surface area contributed by atoms with E-state index in [1.165, 1.54) is 0 Å². The number of esters is 2. The van der Waals surface area contributed by atoms with Gasteiger partial charge in [0.25, 0.3) is 0 Å². The number of rotatable bonds is 6. The second kappa shape index (κ2) is 11.3. The Kier molecular flexibility index (Phi) is 9.84. The van der Waals surface area contributed by atoms with E-state index in [0.29, 0.717) is 38.4 Å². The molecule has 5 atom stereocenters. The number of carbonyl (C=O) groups excluding carboxylic acids is 3. The van der Waals surface area contributed by atoms with Crippen molar-refractivity contribution in [2.75, 3.05) is 13.2 Å². The lowest BCUT2D eigenvalue weighted by Gasteiger charge is -2.15. The average molecular weight is 370 g/mol. The first kappa shape index (κ1) is 22.6. The number of Topliss-reactive ketones (excluding diaryl/α,β-unsaturated/α-hetero) is 1. The molecule has 26 heavy (non-hydrogen) atoms. The summed E-state index contributed by atoms with van der Waals surface area (Å²) in [5, 5.41) is 9.41. The van der Waals surface area contributed by atoms with Crippen molar-refractivity contribution in [3.8, 4) is 0 Å². The molecule has 2 fully saturated rings. The summed E-state index contributed by atoms with van der Waals surface area (Å²) in [4.78, 5) is 33.9. The van der Waals surface area contributed by atoms with Gasteiger partial charge in [-0.05, 0) is 38.5 Å². The highest BCUT2D eigenvalue weighted by molar-refractivity contribution is 5.88. The van der Waals surface area contributed by atoms with Gasteiger partial charge in [-0.3, -0.25) is 14.4 Å². The van der Waals surface area contributed by atoms with Crippen molar-refractivity contribution in [1.82, 2.24) is 0 Å². The molecule has 0 heterocycles. The molecule has 2 aliphatic rings. The molecule has 0 saturated heterocycles. The summed E-state index contributed by atoms with van der Waals surface area (Å²) in [5.74, 6) is 0.161. The summed E-state index contributed by atoms with van der Waals surface area (Å²) in [6.07, 6.45) is 3.80. The molecule has 0 aliphatic heterocycles. The first-order chi connectivity index (χ1) is 12.4. The van der Waals surface area contributed by atoms with Gasteiger partial charge in [-0.1, -0.05) is 26.7 Å². The number of carbonyl (C=O) groups is 3. The number of aliphatic hydroxyl groups excluding tert-OH is 1.